The van der Waals surface area contributed by atoms with E-state index in [1.807, 2.05) is 62.9 Å². The fourth-order valence-electron chi connectivity index (χ4n) is 2.90. The zero-order valence-corrected chi connectivity index (χ0v) is 14.2. The molecular formula is C18H20N6O. The van der Waals surface area contributed by atoms with Crippen molar-refractivity contribution >= 4 is 17.4 Å². The van der Waals surface area contributed by atoms with Crippen LogP contribution in [0.4, 0.5) is 11.5 Å². The van der Waals surface area contributed by atoms with E-state index in [1.165, 1.54) is 0 Å². The zero-order valence-electron chi connectivity index (χ0n) is 14.2. The number of carbonyl (C=O) groups is 1. The predicted octanol–water partition coefficient (Wildman–Crippen LogP) is 2.18. The summed E-state index contributed by atoms with van der Waals surface area (Å²) in [6.45, 7) is 0. The molecular weight excluding hydrogens is 316 g/mol. The number of hydrogen-bond acceptors (Lipinski definition) is 4. The number of amides is 1. The van der Waals surface area contributed by atoms with Crippen molar-refractivity contribution in [1.29, 1.82) is 0 Å². The van der Waals surface area contributed by atoms with Crippen molar-refractivity contribution in [3.63, 3.8) is 0 Å². The van der Waals surface area contributed by atoms with Crippen molar-refractivity contribution < 1.29 is 4.79 Å². The van der Waals surface area contributed by atoms with Crippen LogP contribution in [-0.2, 0) is 14.1 Å². The molecule has 0 bridgehead atoms. The van der Waals surface area contributed by atoms with Gasteiger partial charge in [-0.25, -0.2) is 0 Å². The van der Waals surface area contributed by atoms with Gasteiger partial charge in [0.05, 0.1) is 5.69 Å². The minimum atomic E-state index is -0.0483. The van der Waals surface area contributed by atoms with Crippen LogP contribution in [0.5, 0.6) is 0 Å². The van der Waals surface area contributed by atoms with E-state index < -0.39 is 0 Å². The van der Waals surface area contributed by atoms with Gasteiger partial charge in [-0.1, -0.05) is 0 Å². The fraction of sp³-hybridized carbons (Fsp3) is 0.278. The van der Waals surface area contributed by atoms with Gasteiger partial charge in [-0.3, -0.25) is 14.2 Å². The summed E-state index contributed by atoms with van der Waals surface area (Å²) in [5.74, 6) is 1.05. The highest BCUT2D eigenvalue weighted by molar-refractivity contribution is 5.95. The van der Waals surface area contributed by atoms with Crippen LogP contribution in [-0.4, -0.2) is 31.5 Å². The summed E-state index contributed by atoms with van der Waals surface area (Å²) in [5.41, 5.74) is 2.59. The first-order valence-corrected chi connectivity index (χ1v) is 8.25. The number of nitrogens with one attached hydrogen (secondary N) is 2. The second-order valence-corrected chi connectivity index (χ2v) is 6.41. The number of aromatic nitrogens is 4. The summed E-state index contributed by atoms with van der Waals surface area (Å²) in [6, 6.07) is 11.5. The average Bonchev–Trinajstić information content (AvgIpc) is 3.01. The third-order valence-electron chi connectivity index (χ3n) is 4.35. The highest BCUT2D eigenvalue weighted by atomic mass is 16.1. The number of nitrogens with zero attached hydrogens (tertiary/aromatic N) is 4. The molecule has 0 radical (unpaired) electrons. The zero-order chi connectivity index (χ0) is 17.4. The van der Waals surface area contributed by atoms with Crippen LogP contribution in [0, 0.1) is 0 Å². The van der Waals surface area contributed by atoms with E-state index in [-0.39, 0.29) is 11.9 Å². The van der Waals surface area contributed by atoms with Gasteiger partial charge >= 0.3 is 0 Å². The highest BCUT2D eigenvalue weighted by Crippen LogP contribution is 2.39. The van der Waals surface area contributed by atoms with E-state index in [9.17, 15) is 4.79 Å². The van der Waals surface area contributed by atoms with Gasteiger partial charge in [-0.05, 0) is 36.8 Å². The van der Waals surface area contributed by atoms with Gasteiger partial charge in [0.2, 0.25) is 0 Å². The first-order valence-electron chi connectivity index (χ1n) is 8.25. The van der Waals surface area contributed by atoms with E-state index >= 15 is 0 Å². The van der Waals surface area contributed by atoms with Crippen LogP contribution in [0.15, 0.2) is 48.8 Å². The monoisotopic (exact) mass is 336 g/mol. The van der Waals surface area contributed by atoms with Crippen molar-refractivity contribution in [2.45, 2.75) is 18.4 Å². The number of hydrogen-bond donors (Lipinski definition) is 2. The molecule has 3 aromatic rings. The number of carbonyl (C=O) groups excluding carboxylic acids is 1. The Balaban J connectivity index is 1.35. The highest BCUT2D eigenvalue weighted by Gasteiger charge is 2.41. The molecule has 7 nitrogen and oxygen atoms in total. The number of benzene rings is 1. The lowest BCUT2D eigenvalue weighted by molar-refractivity contribution is 0.0950. The molecule has 4 rings (SSSR count). The van der Waals surface area contributed by atoms with E-state index in [0.717, 1.165) is 23.6 Å². The second kappa shape index (κ2) is 6.08. The molecule has 2 aromatic heterocycles. The topological polar surface area (TPSA) is 76.8 Å². The molecule has 2 N–H and O–H groups in total. The van der Waals surface area contributed by atoms with E-state index in [1.54, 1.807) is 9.36 Å². The summed E-state index contributed by atoms with van der Waals surface area (Å²) in [7, 11) is 3.77. The Morgan fingerprint density at radius 2 is 1.76 bits per heavy atom. The smallest absolute Gasteiger partial charge is 0.251 e. The first kappa shape index (κ1) is 15.4. The molecule has 1 amide bonds. The SMILES string of the molecule is Cn1ccc(Nc2ccc(C(=O)N[C@@H]3C[C@H]3c3ccn(C)n3)cc2)n1. The summed E-state index contributed by atoms with van der Waals surface area (Å²) in [6.07, 6.45) is 4.75. The molecule has 0 unspecified atom stereocenters. The molecule has 25 heavy (non-hydrogen) atoms. The van der Waals surface area contributed by atoms with Crippen molar-refractivity contribution in [2.75, 3.05) is 5.32 Å². The fourth-order valence-corrected chi connectivity index (χ4v) is 2.90. The van der Waals surface area contributed by atoms with Crippen LogP contribution in [0.25, 0.3) is 0 Å². The molecule has 128 valence electrons. The van der Waals surface area contributed by atoms with Gasteiger partial charge in [-0.15, -0.1) is 0 Å². The summed E-state index contributed by atoms with van der Waals surface area (Å²) >= 11 is 0. The molecule has 2 atom stereocenters. The van der Waals surface area contributed by atoms with Gasteiger partial charge < -0.3 is 10.6 Å². The minimum absolute atomic E-state index is 0.0483. The molecule has 0 spiro atoms. The maximum absolute atomic E-state index is 12.4. The standard InChI is InChI=1S/C18H20N6O/c1-23-9-7-15(21-23)14-11-16(14)20-18(25)12-3-5-13(6-4-12)19-17-8-10-24(2)22-17/h3-10,14,16H,11H2,1-2H3,(H,19,22)(H,20,25)/t14-,16+/m0/s1. The molecule has 2 heterocycles. The molecule has 1 fully saturated rings. The Kier molecular flexibility index (Phi) is 3.76. The second-order valence-electron chi connectivity index (χ2n) is 6.41. The van der Waals surface area contributed by atoms with E-state index in [2.05, 4.69) is 20.8 Å². The Labute approximate surface area is 145 Å². The van der Waals surface area contributed by atoms with Crippen molar-refractivity contribution in [1.82, 2.24) is 24.9 Å². The Morgan fingerprint density at radius 1 is 1.04 bits per heavy atom. The van der Waals surface area contributed by atoms with Crippen LogP contribution < -0.4 is 10.6 Å². The lowest BCUT2D eigenvalue weighted by Crippen LogP contribution is -2.26. The molecule has 0 saturated heterocycles. The van der Waals surface area contributed by atoms with Crippen molar-refractivity contribution in [3.8, 4) is 0 Å². The van der Waals surface area contributed by atoms with Crippen LogP contribution in [0.2, 0.25) is 0 Å². The third kappa shape index (κ3) is 3.40. The Hall–Kier alpha value is -3.09. The number of rotatable bonds is 5. The van der Waals surface area contributed by atoms with Gasteiger partial charge in [0, 0.05) is 55.8 Å². The summed E-state index contributed by atoms with van der Waals surface area (Å²) in [4.78, 5) is 12.4. The predicted molar refractivity (Wildman–Crippen MR) is 94.8 cm³/mol. The summed E-state index contributed by atoms with van der Waals surface area (Å²) < 4.78 is 3.53. The van der Waals surface area contributed by atoms with E-state index in [0.29, 0.717) is 11.5 Å². The lowest BCUT2D eigenvalue weighted by atomic mass is 10.2. The van der Waals surface area contributed by atoms with Gasteiger partial charge in [0.15, 0.2) is 5.82 Å². The van der Waals surface area contributed by atoms with Crippen LogP contribution >= 0.6 is 0 Å². The summed E-state index contributed by atoms with van der Waals surface area (Å²) in [5, 5.41) is 15.0. The average molecular weight is 336 g/mol. The third-order valence-corrected chi connectivity index (χ3v) is 4.35. The number of anilines is 2. The Bertz CT molecular complexity index is 894. The van der Waals surface area contributed by atoms with Gasteiger partial charge in [0.1, 0.15) is 0 Å². The molecule has 1 saturated carbocycles. The van der Waals surface area contributed by atoms with E-state index in [4.69, 9.17) is 0 Å². The first-order chi connectivity index (χ1) is 12.1. The maximum atomic E-state index is 12.4. The normalized spacial score (nSPS) is 18.8. The quantitative estimate of drug-likeness (QED) is 0.749. The molecule has 1 aliphatic rings. The minimum Gasteiger partial charge on any atom is -0.349 e. The van der Waals surface area contributed by atoms with Gasteiger partial charge in [0.25, 0.3) is 5.91 Å². The van der Waals surface area contributed by atoms with Crippen molar-refractivity contribution in [2.24, 2.45) is 14.1 Å². The molecule has 1 aromatic carbocycles. The largest absolute Gasteiger partial charge is 0.349 e. The molecule has 0 aliphatic heterocycles. The van der Waals surface area contributed by atoms with Crippen LogP contribution in [0.3, 0.4) is 0 Å². The van der Waals surface area contributed by atoms with Crippen LogP contribution in [0.1, 0.15) is 28.4 Å². The van der Waals surface area contributed by atoms with Crippen molar-refractivity contribution in [3.05, 3.63) is 60.0 Å². The lowest BCUT2D eigenvalue weighted by Gasteiger charge is -2.06. The maximum Gasteiger partial charge on any atom is 0.251 e. The molecule has 1 aliphatic carbocycles. The van der Waals surface area contributed by atoms with Gasteiger partial charge in [-0.2, -0.15) is 10.2 Å². The Morgan fingerprint density at radius 3 is 2.40 bits per heavy atom. The number of aryl methyl sites for hydroxylation is 2. The molecule has 7 heteroatoms.